The number of fused-ring (bicyclic) bond motifs is 1. The number of carbonyl (C=O) groups is 1. The minimum Gasteiger partial charge on any atom is -0.478 e. The summed E-state index contributed by atoms with van der Waals surface area (Å²) in [5.74, 6) is -0.0784. The van der Waals surface area contributed by atoms with E-state index in [1.807, 2.05) is 34.5 Å². The summed E-state index contributed by atoms with van der Waals surface area (Å²) in [6.07, 6.45) is 3.53. The highest BCUT2D eigenvalue weighted by atomic mass is 35.5. The average molecular weight is 290 g/mol. The number of halogens is 1. The molecular formula is C14H12ClN3O2. The Morgan fingerprint density at radius 3 is 2.85 bits per heavy atom. The third-order valence-electron chi connectivity index (χ3n) is 3.36. The van der Waals surface area contributed by atoms with Gasteiger partial charge in [-0.1, -0.05) is 11.6 Å². The Bertz CT molecular complexity index is 804. The quantitative estimate of drug-likeness (QED) is 0.806. The van der Waals surface area contributed by atoms with E-state index in [0.29, 0.717) is 11.7 Å². The van der Waals surface area contributed by atoms with Crippen molar-refractivity contribution < 1.29 is 9.90 Å². The van der Waals surface area contributed by atoms with Crippen LogP contribution in [0.3, 0.4) is 0 Å². The Balaban J connectivity index is 2.01. The number of aromatic nitrogens is 3. The Hall–Kier alpha value is -2.27. The van der Waals surface area contributed by atoms with E-state index in [-0.39, 0.29) is 5.56 Å². The largest absolute Gasteiger partial charge is 0.478 e. The van der Waals surface area contributed by atoms with Crippen LogP contribution in [-0.2, 0) is 13.6 Å². The predicted molar refractivity (Wildman–Crippen MR) is 76.2 cm³/mol. The minimum atomic E-state index is -0.921. The molecule has 0 saturated heterocycles. The monoisotopic (exact) mass is 289 g/mol. The molecule has 20 heavy (non-hydrogen) atoms. The molecule has 0 amide bonds. The number of rotatable bonds is 3. The van der Waals surface area contributed by atoms with E-state index in [4.69, 9.17) is 16.7 Å². The first-order valence-electron chi connectivity index (χ1n) is 6.04. The molecule has 0 aliphatic carbocycles. The van der Waals surface area contributed by atoms with Crippen molar-refractivity contribution in [2.45, 2.75) is 6.54 Å². The standard InChI is InChI=1S/C14H12ClN3O2/c1-17-12(15)7-16-13(17)8-18-5-4-9-6-10(14(19)20)2-3-11(9)18/h2-7H,8H2,1H3,(H,19,20). The third kappa shape index (κ3) is 2.06. The number of carboxylic acids is 1. The number of imidazole rings is 1. The van der Waals surface area contributed by atoms with Crippen molar-refractivity contribution in [2.24, 2.45) is 7.05 Å². The van der Waals surface area contributed by atoms with Crippen molar-refractivity contribution in [3.8, 4) is 0 Å². The molecule has 0 bridgehead atoms. The summed E-state index contributed by atoms with van der Waals surface area (Å²) in [7, 11) is 1.86. The number of aromatic carboxylic acids is 1. The summed E-state index contributed by atoms with van der Waals surface area (Å²) >= 11 is 5.97. The van der Waals surface area contributed by atoms with Crippen LogP contribution in [-0.4, -0.2) is 25.2 Å². The Labute approximate surface area is 120 Å². The lowest BCUT2D eigenvalue weighted by Crippen LogP contribution is -2.05. The summed E-state index contributed by atoms with van der Waals surface area (Å²) in [5.41, 5.74) is 1.25. The number of carboxylic acid groups (broad SMARTS) is 1. The molecule has 0 atom stereocenters. The van der Waals surface area contributed by atoms with Crippen molar-refractivity contribution in [1.29, 1.82) is 0 Å². The molecule has 0 fully saturated rings. The fraction of sp³-hybridized carbons (Fsp3) is 0.143. The van der Waals surface area contributed by atoms with Crippen molar-refractivity contribution >= 4 is 28.5 Å². The SMILES string of the molecule is Cn1c(Cl)cnc1Cn1ccc2cc(C(=O)O)ccc21. The van der Waals surface area contributed by atoms with E-state index in [1.54, 1.807) is 18.3 Å². The van der Waals surface area contributed by atoms with Crippen molar-refractivity contribution in [3.63, 3.8) is 0 Å². The van der Waals surface area contributed by atoms with Crippen molar-refractivity contribution in [1.82, 2.24) is 14.1 Å². The van der Waals surface area contributed by atoms with Crippen LogP contribution in [0.5, 0.6) is 0 Å². The van der Waals surface area contributed by atoms with Crippen LogP contribution in [0.1, 0.15) is 16.2 Å². The highest BCUT2D eigenvalue weighted by Gasteiger charge is 2.09. The first-order chi connectivity index (χ1) is 9.56. The second-order valence-electron chi connectivity index (χ2n) is 4.58. The molecule has 102 valence electrons. The van der Waals surface area contributed by atoms with Gasteiger partial charge in [-0.25, -0.2) is 9.78 Å². The molecule has 0 spiro atoms. The molecule has 0 saturated carbocycles. The average Bonchev–Trinajstić information content (AvgIpc) is 2.97. The molecule has 1 aromatic carbocycles. The van der Waals surface area contributed by atoms with Gasteiger partial charge >= 0.3 is 5.97 Å². The Kier molecular flexibility index (Phi) is 2.99. The highest BCUT2D eigenvalue weighted by Crippen LogP contribution is 2.19. The van der Waals surface area contributed by atoms with E-state index in [9.17, 15) is 4.79 Å². The highest BCUT2D eigenvalue weighted by molar-refractivity contribution is 6.29. The van der Waals surface area contributed by atoms with Gasteiger partial charge in [0.05, 0.1) is 18.3 Å². The lowest BCUT2D eigenvalue weighted by atomic mass is 10.1. The number of benzene rings is 1. The number of hydrogen-bond donors (Lipinski definition) is 1. The number of hydrogen-bond acceptors (Lipinski definition) is 2. The Morgan fingerprint density at radius 2 is 2.20 bits per heavy atom. The number of nitrogens with zero attached hydrogens (tertiary/aromatic N) is 3. The van der Waals surface area contributed by atoms with E-state index in [2.05, 4.69) is 4.98 Å². The lowest BCUT2D eigenvalue weighted by molar-refractivity contribution is 0.0697. The van der Waals surface area contributed by atoms with Gasteiger partial charge in [-0.15, -0.1) is 0 Å². The second-order valence-corrected chi connectivity index (χ2v) is 4.97. The summed E-state index contributed by atoms with van der Waals surface area (Å²) in [6.45, 7) is 0.582. The first-order valence-corrected chi connectivity index (χ1v) is 6.42. The summed E-state index contributed by atoms with van der Waals surface area (Å²) < 4.78 is 3.83. The molecular weight excluding hydrogens is 278 g/mol. The zero-order valence-corrected chi connectivity index (χ0v) is 11.5. The minimum absolute atomic E-state index is 0.287. The van der Waals surface area contributed by atoms with Gasteiger partial charge in [-0.2, -0.15) is 0 Å². The van der Waals surface area contributed by atoms with Crippen molar-refractivity contribution in [2.75, 3.05) is 0 Å². The molecule has 0 unspecified atom stereocenters. The normalized spacial score (nSPS) is 11.1. The smallest absolute Gasteiger partial charge is 0.335 e. The maximum atomic E-state index is 11.0. The van der Waals surface area contributed by atoms with Crippen LogP contribution in [0, 0.1) is 0 Å². The molecule has 1 N–H and O–H groups in total. The predicted octanol–water partition coefficient (Wildman–Crippen LogP) is 2.77. The van der Waals surface area contributed by atoms with E-state index in [1.165, 1.54) is 0 Å². The van der Waals surface area contributed by atoms with Crippen LogP contribution in [0.2, 0.25) is 5.15 Å². The van der Waals surface area contributed by atoms with E-state index >= 15 is 0 Å². The molecule has 6 heteroatoms. The zero-order chi connectivity index (χ0) is 14.3. The van der Waals surface area contributed by atoms with Crippen molar-refractivity contribution in [3.05, 3.63) is 53.2 Å². The van der Waals surface area contributed by atoms with Crippen LogP contribution in [0.4, 0.5) is 0 Å². The zero-order valence-electron chi connectivity index (χ0n) is 10.7. The molecule has 0 aliphatic rings. The summed E-state index contributed by atoms with van der Waals surface area (Å²) in [5, 5.41) is 10.5. The van der Waals surface area contributed by atoms with Crippen LogP contribution in [0.15, 0.2) is 36.7 Å². The van der Waals surface area contributed by atoms with Gasteiger partial charge in [-0.05, 0) is 24.3 Å². The summed E-state index contributed by atoms with van der Waals surface area (Å²) in [4.78, 5) is 15.2. The Morgan fingerprint density at radius 1 is 1.40 bits per heavy atom. The fourth-order valence-electron chi connectivity index (χ4n) is 2.19. The van der Waals surface area contributed by atoms with Gasteiger partial charge in [0.1, 0.15) is 11.0 Å². The maximum absolute atomic E-state index is 11.0. The first kappa shape index (κ1) is 12.7. The van der Waals surface area contributed by atoms with Gasteiger partial charge in [0.15, 0.2) is 0 Å². The van der Waals surface area contributed by atoms with Crippen LogP contribution >= 0.6 is 11.6 Å². The molecule has 3 rings (SSSR count). The lowest BCUT2D eigenvalue weighted by Gasteiger charge is -2.06. The van der Waals surface area contributed by atoms with Gasteiger partial charge in [0.25, 0.3) is 0 Å². The topological polar surface area (TPSA) is 60.0 Å². The molecule has 5 nitrogen and oxygen atoms in total. The molecule has 3 aromatic rings. The van der Waals surface area contributed by atoms with E-state index < -0.39 is 5.97 Å². The molecule has 0 radical (unpaired) electrons. The van der Waals surface area contributed by atoms with Gasteiger partial charge in [0.2, 0.25) is 0 Å². The molecule has 2 aromatic heterocycles. The van der Waals surface area contributed by atoms with Crippen LogP contribution < -0.4 is 0 Å². The van der Waals surface area contributed by atoms with Crippen LogP contribution in [0.25, 0.3) is 10.9 Å². The summed E-state index contributed by atoms with van der Waals surface area (Å²) in [6, 6.07) is 6.97. The maximum Gasteiger partial charge on any atom is 0.335 e. The van der Waals surface area contributed by atoms with Gasteiger partial charge < -0.3 is 14.2 Å². The van der Waals surface area contributed by atoms with Gasteiger partial charge in [-0.3, -0.25) is 0 Å². The van der Waals surface area contributed by atoms with E-state index in [0.717, 1.165) is 16.7 Å². The fourth-order valence-corrected chi connectivity index (χ4v) is 2.34. The van der Waals surface area contributed by atoms with Gasteiger partial charge in [0, 0.05) is 24.1 Å². The second kappa shape index (κ2) is 4.68. The third-order valence-corrected chi connectivity index (χ3v) is 3.71. The molecule has 0 aliphatic heterocycles. The molecule has 2 heterocycles.